The van der Waals surface area contributed by atoms with Gasteiger partial charge in [0.25, 0.3) is 0 Å². The fraction of sp³-hybridized carbons (Fsp3) is 0.818. The van der Waals surface area contributed by atoms with Crippen LogP contribution >= 0.6 is 11.8 Å². The molecule has 2 unspecified atom stereocenters. The Balaban J connectivity index is 4.06. The van der Waals surface area contributed by atoms with E-state index in [2.05, 4.69) is 5.32 Å². The third-order valence-corrected chi connectivity index (χ3v) is 2.88. The van der Waals surface area contributed by atoms with Crippen LogP contribution in [0.25, 0.3) is 0 Å². The molecule has 0 aliphatic carbocycles. The van der Waals surface area contributed by atoms with E-state index in [1.807, 2.05) is 33.1 Å². The minimum absolute atomic E-state index is 0.0720. The minimum atomic E-state index is -0.526. The van der Waals surface area contributed by atoms with Gasteiger partial charge in [0.1, 0.15) is 5.92 Å². The van der Waals surface area contributed by atoms with Crippen LogP contribution in [-0.2, 0) is 4.79 Å². The van der Waals surface area contributed by atoms with Crippen molar-refractivity contribution in [3.05, 3.63) is 0 Å². The number of amides is 1. The van der Waals surface area contributed by atoms with Gasteiger partial charge in [-0.3, -0.25) is 4.79 Å². The summed E-state index contributed by atoms with van der Waals surface area (Å²) in [7, 11) is 0. The monoisotopic (exact) mass is 228 g/mol. The van der Waals surface area contributed by atoms with Gasteiger partial charge in [-0.25, -0.2) is 0 Å². The molecule has 0 aliphatic rings. The molecule has 3 nitrogen and oxygen atoms in total. The molecule has 0 saturated heterocycles. The van der Waals surface area contributed by atoms with Gasteiger partial charge in [0.2, 0.25) is 5.91 Å². The van der Waals surface area contributed by atoms with Gasteiger partial charge in [0.15, 0.2) is 0 Å². The smallest absolute Gasteiger partial charge is 0.237 e. The first-order chi connectivity index (χ1) is 7.02. The van der Waals surface area contributed by atoms with E-state index in [-0.39, 0.29) is 17.9 Å². The van der Waals surface area contributed by atoms with E-state index in [0.717, 1.165) is 12.2 Å². The SMILES string of the molecule is CSCCC(C)NC(=O)C(C#N)C(C)C. The van der Waals surface area contributed by atoms with E-state index in [1.165, 1.54) is 0 Å². The molecule has 1 N–H and O–H groups in total. The third-order valence-electron chi connectivity index (χ3n) is 2.23. The molecule has 0 aromatic heterocycles. The van der Waals surface area contributed by atoms with Gasteiger partial charge in [-0.2, -0.15) is 17.0 Å². The lowest BCUT2D eigenvalue weighted by Crippen LogP contribution is -2.38. The average Bonchev–Trinajstić information content (AvgIpc) is 2.15. The van der Waals surface area contributed by atoms with Crippen molar-refractivity contribution >= 4 is 17.7 Å². The molecule has 0 bridgehead atoms. The summed E-state index contributed by atoms with van der Waals surface area (Å²) in [6.07, 6.45) is 2.99. The maximum Gasteiger partial charge on any atom is 0.237 e. The number of carbonyl (C=O) groups is 1. The summed E-state index contributed by atoms with van der Waals surface area (Å²) in [5.74, 6) is 0.436. The van der Waals surface area contributed by atoms with Gasteiger partial charge in [0, 0.05) is 6.04 Å². The molecule has 0 radical (unpaired) electrons. The zero-order chi connectivity index (χ0) is 11.8. The second-order valence-corrected chi connectivity index (χ2v) is 5.03. The van der Waals surface area contributed by atoms with Crippen LogP contribution in [0.1, 0.15) is 27.2 Å². The predicted molar refractivity (Wildman–Crippen MR) is 64.5 cm³/mol. The predicted octanol–water partition coefficient (Wildman–Crippen LogP) is 2.04. The average molecular weight is 228 g/mol. The van der Waals surface area contributed by atoms with Crippen LogP contribution in [-0.4, -0.2) is 24.0 Å². The van der Waals surface area contributed by atoms with Crippen molar-refractivity contribution in [1.29, 1.82) is 5.26 Å². The van der Waals surface area contributed by atoms with E-state index >= 15 is 0 Å². The number of rotatable bonds is 6. The van der Waals surface area contributed by atoms with Gasteiger partial charge in [-0.05, 0) is 31.3 Å². The molecule has 2 atom stereocenters. The quantitative estimate of drug-likeness (QED) is 0.757. The first-order valence-electron chi connectivity index (χ1n) is 5.21. The van der Waals surface area contributed by atoms with Crippen LogP contribution in [0, 0.1) is 23.2 Å². The van der Waals surface area contributed by atoms with Crippen LogP contribution in [0.2, 0.25) is 0 Å². The molecule has 0 aromatic rings. The van der Waals surface area contributed by atoms with E-state index in [1.54, 1.807) is 11.8 Å². The van der Waals surface area contributed by atoms with E-state index in [0.29, 0.717) is 0 Å². The summed E-state index contributed by atoms with van der Waals surface area (Å²) < 4.78 is 0. The standard InChI is InChI=1S/C11H20N2OS/c1-8(2)10(7-12)11(14)13-9(3)5-6-15-4/h8-10H,5-6H2,1-4H3,(H,13,14). The van der Waals surface area contributed by atoms with E-state index < -0.39 is 5.92 Å². The molecule has 1 amide bonds. The number of nitrogens with zero attached hydrogens (tertiary/aromatic N) is 1. The minimum Gasteiger partial charge on any atom is -0.352 e. The molecular formula is C11H20N2OS. The van der Waals surface area contributed by atoms with Crippen molar-refractivity contribution in [3.63, 3.8) is 0 Å². The summed E-state index contributed by atoms with van der Waals surface area (Å²) in [6, 6.07) is 2.20. The molecule has 0 heterocycles. The zero-order valence-electron chi connectivity index (χ0n) is 9.91. The van der Waals surface area contributed by atoms with Gasteiger partial charge < -0.3 is 5.32 Å². The molecular weight excluding hydrogens is 208 g/mol. The molecule has 0 fully saturated rings. The molecule has 0 rings (SSSR count). The molecule has 15 heavy (non-hydrogen) atoms. The number of carbonyl (C=O) groups excluding carboxylic acids is 1. The lowest BCUT2D eigenvalue weighted by atomic mass is 9.96. The number of nitriles is 1. The van der Waals surface area contributed by atoms with Crippen molar-refractivity contribution in [2.45, 2.75) is 33.2 Å². The lowest BCUT2D eigenvalue weighted by molar-refractivity contribution is -0.125. The molecule has 0 aromatic carbocycles. The van der Waals surface area contributed by atoms with Gasteiger partial charge >= 0.3 is 0 Å². The van der Waals surface area contributed by atoms with Crippen LogP contribution in [0.15, 0.2) is 0 Å². The number of hydrogen-bond acceptors (Lipinski definition) is 3. The van der Waals surface area contributed by atoms with Crippen molar-refractivity contribution in [1.82, 2.24) is 5.32 Å². The Labute approximate surface area is 96.6 Å². The normalized spacial score (nSPS) is 14.4. The second kappa shape index (κ2) is 7.58. The Morgan fingerprint density at radius 1 is 1.47 bits per heavy atom. The molecule has 86 valence electrons. The van der Waals surface area contributed by atoms with Crippen LogP contribution < -0.4 is 5.32 Å². The topological polar surface area (TPSA) is 52.9 Å². The van der Waals surface area contributed by atoms with Gasteiger partial charge in [-0.1, -0.05) is 13.8 Å². The third kappa shape index (κ3) is 5.68. The highest BCUT2D eigenvalue weighted by atomic mass is 32.2. The van der Waals surface area contributed by atoms with Crippen LogP contribution in [0.4, 0.5) is 0 Å². The maximum absolute atomic E-state index is 11.6. The van der Waals surface area contributed by atoms with E-state index in [9.17, 15) is 4.79 Å². The first-order valence-corrected chi connectivity index (χ1v) is 6.61. The summed E-state index contributed by atoms with van der Waals surface area (Å²) in [5.41, 5.74) is 0. The first kappa shape index (κ1) is 14.3. The summed E-state index contributed by atoms with van der Waals surface area (Å²) >= 11 is 1.76. The Hall–Kier alpha value is -0.690. The zero-order valence-corrected chi connectivity index (χ0v) is 10.7. The van der Waals surface area contributed by atoms with Crippen molar-refractivity contribution in [3.8, 4) is 6.07 Å². The Morgan fingerprint density at radius 3 is 2.47 bits per heavy atom. The highest BCUT2D eigenvalue weighted by Gasteiger charge is 2.22. The van der Waals surface area contributed by atoms with Gasteiger partial charge in [0.05, 0.1) is 6.07 Å². The maximum atomic E-state index is 11.6. The van der Waals surface area contributed by atoms with Crippen molar-refractivity contribution < 1.29 is 4.79 Å². The second-order valence-electron chi connectivity index (χ2n) is 4.04. The Bertz CT molecular complexity index is 235. The fourth-order valence-electron chi connectivity index (χ4n) is 1.21. The molecule has 0 aliphatic heterocycles. The Kier molecular flexibility index (Phi) is 7.23. The van der Waals surface area contributed by atoms with Crippen molar-refractivity contribution in [2.75, 3.05) is 12.0 Å². The summed E-state index contributed by atoms with van der Waals surface area (Å²) in [5, 5.41) is 11.7. The Morgan fingerprint density at radius 2 is 2.07 bits per heavy atom. The summed E-state index contributed by atoms with van der Waals surface area (Å²) in [4.78, 5) is 11.6. The fourth-order valence-corrected chi connectivity index (χ4v) is 1.80. The number of nitrogens with one attached hydrogen (secondary N) is 1. The van der Waals surface area contributed by atoms with Gasteiger partial charge in [-0.15, -0.1) is 0 Å². The number of hydrogen-bond donors (Lipinski definition) is 1. The highest BCUT2D eigenvalue weighted by molar-refractivity contribution is 7.98. The summed E-state index contributed by atoms with van der Waals surface area (Å²) in [6.45, 7) is 5.75. The molecule has 0 saturated carbocycles. The van der Waals surface area contributed by atoms with Crippen LogP contribution in [0.3, 0.4) is 0 Å². The molecule has 0 spiro atoms. The lowest BCUT2D eigenvalue weighted by Gasteiger charge is -2.17. The van der Waals surface area contributed by atoms with Crippen molar-refractivity contribution in [2.24, 2.45) is 11.8 Å². The largest absolute Gasteiger partial charge is 0.352 e. The molecule has 4 heteroatoms. The van der Waals surface area contributed by atoms with E-state index in [4.69, 9.17) is 5.26 Å². The number of thioether (sulfide) groups is 1. The highest BCUT2D eigenvalue weighted by Crippen LogP contribution is 2.10. The van der Waals surface area contributed by atoms with Crippen LogP contribution in [0.5, 0.6) is 0 Å².